The minimum absolute atomic E-state index is 0.0507. The van der Waals surface area contributed by atoms with E-state index < -0.39 is 0 Å². The number of hydrogen-bond acceptors (Lipinski definition) is 5. The number of rotatable bonds is 3. The van der Waals surface area contributed by atoms with Gasteiger partial charge in [-0.2, -0.15) is 0 Å². The van der Waals surface area contributed by atoms with E-state index in [9.17, 15) is 9.18 Å². The van der Waals surface area contributed by atoms with Crippen LogP contribution < -0.4 is 0 Å². The summed E-state index contributed by atoms with van der Waals surface area (Å²) in [7, 11) is 0. The van der Waals surface area contributed by atoms with Gasteiger partial charge in [0.05, 0.1) is 17.1 Å². The summed E-state index contributed by atoms with van der Waals surface area (Å²) in [4.78, 5) is 25.7. The third-order valence-electron chi connectivity index (χ3n) is 4.85. The zero-order chi connectivity index (χ0) is 18.1. The third-order valence-corrected chi connectivity index (χ3v) is 5.79. The lowest BCUT2D eigenvalue weighted by Gasteiger charge is -2.37. The highest BCUT2D eigenvalue weighted by molar-refractivity contribution is 7.09. The Kier molecular flexibility index (Phi) is 4.65. The van der Waals surface area contributed by atoms with Crippen LogP contribution in [0.15, 0.2) is 42.0 Å². The molecular formula is C19H19FN4OS. The van der Waals surface area contributed by atoms with E-state index >= 15 is 0 Å². The van der Waals surface area contributed by atoms with E-state index in [2.05, 4.69) is 21.8 Å². The van der Waals surface area contributed by atoms with Crippen LogP contribution in [0.1, 0.15) is 28.3 Å². The van der Waals surface area contributed by atoms with Crippen LogP contribution in [-0.2, 0) is 0 Å². The predicted octanol–water partition coefficient (Wildman–Crippen LogP) is 3.35. The molecule has 5 nitrogen and oxygen atoms in total. The molecule has 2 aromatic heterocycles. The number of thiazole rings is 1. The number of halogens is 1. The number of nitrogens with zero attached hydrogens (tertiary/aromatic N) is 4. The molecule has 1 aliphatic rings. The van der Waals surface area contributed by atoms with Crippen LogP contribution in [0.4, 0.5) is 4.39 Å². The maximum absolute atomic E-state index is 13.4. The molecule has 1 amide bonds. The first kappa shape index (κ1) is 17.1. The quantitative estimate of drug-likeness (QED) is 0.709. The van der Waals surface area contributed by atoms with Crippen molar-refractivity contribution in [2.45, 2.75) is 13.0 Å². The van der Waals surface area contributed by atoms with Crippen LogP contribution in [-0.4, -0.2) is 51.9 Å². The van der Waals surface area contributed by atoms with Gasteiger partial charge in [0.2, 0.25) is 0 Å². The molecule has 4 rings (SSSR count). The van der Waals surface area contributed by atoms with Crippen molar-refractivity contribution in [3.63, 3.8) is 0 Å². The van der Waals surface area contributed by atoms with Gasteiger partial charge in [-0.15, -0.1) is 11.3 Å². The van der Waals surface area contributed by atoms with Crippen LogP contribution in [0.25, 0.3) is 10.9 Å². The molecule has 0 N–H and O–H groups in total. The Balaban J connectivity index is 1.45. The zero-order valence-corrected chi connectivity index (χ0v) is 15.2. The molecule has 3 aromatic rings. The van der Waals surface area contributed by atoms with Crippen molar-refractivity contribution in [2.75, 3.05) is 26.2 Å². The first-order valence-corrected chi connectivity index (χ1v) is 9.48. The highest BCUT2D eigenvalue weighted by atomic mass is 32.1. The van der Waals surface area contributed by atoms with Crippen molar-refractivity contribution < 1.29 is 9.18 Å². The van der Waals surface area contributed by atoms with E-state index in [1.54, 1.807) is 29.7 Å². The fraction of sp³-hybridized carbons (Fsp3) is 0.316. The first-order chi connectivity index (χ1) is 12.6. The van der Waals surface area contributed by atoms with Crippen molar-refractivity contribution in [3.05, 3.63) is 58.4 Å². The van der Waals surface area contributed by atoms with Gasteiger partial charge in [0.25, 0.3) is 5.91 Å². The molecule has 0 spiro atoms. The SMILES string of the molecule is CC(c1nccs1)N1CCN(C(=O)c2cnc3ccc(F)cc3c2)CC1. The Morgan fingerprint density at radius 1 is 1.19 bits per heavy atom. The molecule has 0 radical (unpaired) electrons. The lowest BCUT2D eigenvalue weighted by molar-refractivity contribution is 0.0581. The lowest BCUT2D eigenvalue weighted by atomic mass is 10.1. The van der Waals surface area contributed by atoms with Crippen molar-refractivity contribution >= 4 is 28.1 Å². The molecule has 0 saturated carbocycles. The third kappa shape index (κ3) is 3.32. The number of aromatic nitrogens is 2. The minimum atomic E-state index is -0.325. The minimum Gasteiger partial charge on any atom is -0.336 e. The molecule has 1 aliphatic heterocycles. The highest BCUT2D eigenvalue weighted by Crippen LogP contribution is 2.24. The fourth-order valence-electron chi connectivity index (χ4n) is 3.31. The first-order valence-electron chi connectivity index (χ1n) is 8.60. The fourth-order valence-corrected chi connectivity index (χ4v) is 4.04. The summed E-state index contributed by atoms with van der Waals surface area (Å²) in [6.45, 7) is 5.09. The number of hydrogen-bond donors (Lipinski definition) is 0. The summed E-state index contributed by atoms with van der Waals surface area (Å²) in [6.07, 6.45) is 3.40. The molecule has 1 aromatic carbocycles. The van der Waals surface area contributed by atoms with Gasteiger partial charge in [-0.3, -0.25) is 14.7 Å². The van der Waals surface area contributed by atoms with Gasteiger partial charge in [-0.1, -0.05) is 0 Å². The molecule has 1 unspecified atom stereocenters. The molecule has 3 heterocycles. The van der Waals surface area contributed by atoms with Gasteiger partial charge in [0, 0.05) is 49.3 Å². The molecule has 1 atom stereocenters. The molecule has 7 heteroatoms. The normalized spacial score (nSPS) is 16.8. The molecule has 134 valence electrons. The number of carbonyl (C=O) groups excluding carboxylic acids is 1. The second-order valence-corrected chi connectivity index (χ2v) is 7.36. The van der Waals surface area contributed by atoms with E-state index in [0.29, 0.717) is 29.6 Å². The Hall–Kier alpha value is -2.38. The van der Waals surface area contributed by atoms with Crippen LogP contribution >= 0.6 is 11.3 Å². The second kappa shape index (κ2) is 7.09. The number of benzene rings is 1. The number of carbonyl (C=O) groups is 1. The Bertz CT molecular complexity index is 922. The van der Waals surface area contributed by atoms with E-state index in [4.69, 9.17) is 0 Å². The Morgan fingerprint density at radius 3 is 2.73 bits per heavy atom. The summed E-state index contributed by atoms with van der Waals surface area (Å²) in [5.41, 5.74) is 1.19. The van der Waals surface area contributed by atoms with E-state index in [-0.39, 0.29) is 17.8 Å². The van der Waals surface area contributed by atoms with Crippen molar-refractivity contribution in [3.8, 4) is 0 Å². The average molecular weight is 370 g/mol. The van der Waals surface area contributed by atoms with E-state index in [1.807, 2.05) is 16.5 Å². The molecular weight excluding hydrogens is 351 g/mol. The molecule has 0 aliphatic carbocycles. The second-order valence-electron chi connectivity index (χ2n) is 6.44. The number of fused-ring (bicyclic) bond motifs is 1. The van der Waals surface area contributed by atoms with Crippen molar-refractivity contribution in [1.29, 1.82) is 0 Å². The average Bonchev–Trinajstić information content (AvgIpc) is 3.21. The summed E-state index contributed by atoms with van der Waals surface area (Å²) < 4.78 is 13.4. The zero-order valence-electron chi connectivity index (χ0n) is 14.4. The monoisotopic (exact) mass is 370 g/mol. The Labute approximate surface area is 155 Å². The summed E-state index contributed by atoms with van der Waals surface area (Å²) in [5, 5.41) is 3.73. The van der Waals surface area contributed by atoms with Crippen LogP contribution in [0.5, 0.6) is 0 Å². The van der Waals surface area contributed by atoms with E-state index in [0.717, 1.165) is 18.1 Å². The number of amides is 1. The summed E-state index contributed by atoms with van der Waals surface area (Å²) >= 11 is 1.66. The highest BCUT2D eigenvalue weighted by Gasteiger charge is 2.26. The van der Waals surface area contributed by atoms with Crippen LogP contribution in [0.3, 0.4) is 0 Å². The number of piperazine rings is 1. The van der Waals surface area contributed by atoms with E-state index in [1.165, 1.54) is 12.1 Å². The summed E-state index contributed by atoms with van der Waals surface area (Å²) in [6, 6.07) is 6.39. The number of pyridine rings is 1. The summed E-state index contributed by atoms with van der Waals surface area (Å²) in [5.74, 6) is -0.376. The van der Waals surface area contributed by atoms with Crippen LogP contribution in [0.2, 0.25) is 0 Å². The smallest absolute Gasteiger partial charge is 0.255 e. The van der Waals surface area contributed by atoms with Gasteiger partial charge in [-0.05, 0) is 31.2 Å². The van der Waals surface area contributed by atoms with Gasteiger partial charge in [0.15, 0.2) is 0 Å². The van der Waals surface area contributed by atoms with Gasteiger partial charge in [-0.25, -0.2) is 9.37 Å². The molecule has 1 saturated heterocycles. The van der Waals surface area contributed by atoms with Crippen molar-refractivity contribution in [1.82, 2.24) is 19.8 Å². The van der Waals surface area contributed by atoms with Crippen LogP contribution in [0, 0.1) is 5.82 Å². The molecule has 0 bridgehead atoms. The molecule has 26 heavy (non-hydrogen) atoms. The van der Waals surface area contributed by atoms with Gasteiger partial charge < -0.3 is 4.90 Å². The predicted molar refractivity (Wildman–Crippen MR) is 99.7 cm³/mol. The maximum Gasteiger partial charge on any atom is 0.255 e. The maximum atomic E-state index is 13.4. The Morgan fingerprint density at radius 2 is 2.00 bits per heavy atom. The van der Waals surface area contributed by atoms with Gasteiger partial charge in [0.1, 0.15) is 10.8 Å². The largest absolute Gasteiger partial charge is 0.336 e. The lowest BCUT2D eigenvalue weighted by Crippen LogP contribution is -2.49. The van der Waals surface area contributed by atoms with Gasteiger partial charge >= 0.3 is 0 Å². The standard InChI is InChI=1S/C19H19FN4OS/c1-13(18-21-4-9-26-18)23-5-7-24(8-6-23)19(25)15-10-14-11-16(20)2-3-17(14)22-12-15/h2-4,9-13H,5-8H2,1H3. The molecule has 1 fully saturated rings. The topological polar surface area (TPSA) is 49.3 Å². The van der Waals surface area contributed by atoms with Crippen molar-refractivity contribution in [2.24, 2.45) is 0 Å².